The van der Waals surface area contributed by atoms with Crippen LogP contribution in [0.3, 0.4) is 0 Å². The normalized spacial score (nSPS) is 21.3. The van der Waals surface area contributed by atoms with Crippen LogP contribution in [-0.2, 0) is 16.0 Å². The molecule has 1 aromatic carbocycles. The van der Waals surface area contributed by atoms with Crippen LogP contribution in [0.15, 0.2) is 42.0 Å². The zero-order valence-corrected chi connectivity index (χ0v) is 21.4. The molecule has 2 atom stereocenters. The molecule has 0 aromatic heterocycles. The molecule has 2 aliphatic heterocycles. The van der Waals surface area contributed by atoms with Gasteiger partial charge >= 0.3 is 7.12 Å². The second kappa shape index (κ2) is 12.2. The number of nitriles is 1. The monoisotopic (exact) mass is 516 g/mol. The van der Waals surface area contributed by atoms with Crippen molar-refractivity contribution < 1.29 is 28.4 Å². The predicted molar refractivity (Wildman–Crippen MR) is 135 cm³/mol. The Morgan fingerprint density at radius 1 is 1.30 bits per heavy atom. The molecule has 2 amide bonds. The van der Waals surface area contributed by atoms with E-state index >= 15 is 0 Å². The largest absolute Gasteiger partial charge is 0.475 e. The van der Waals surface area contributed by atoms with Crippen molar-refractivity contribution in [3.8, 4) is 6.07 Å². The summed E-state index contributed by atoms with van der Waals surface area (Å²) in [5, 5.41) is 31.8. The first-order valence-corrected chi connectivity index (χ1v) is 12.6. The predicted octanol–water partition coefficient (Wildman–Crippen LogP) is 1.92. The van der Waals surface area contributed by atoms with Crippen molar-refractivity contribution in [3.63, 3.8) is 0 Å². The van der Waals surface area contributed by atoms with E-state index in [1.54, 1.807) is 18.7 Å². The molecule has 2 heterocycles. The lowest BCUT2D eigenvalue weighted by Gasteiger charge is -2.35. The average molecular weight is 516 g/mol. The standard InChI is InChI=1S/C26H35BF2N4O4/c1-25(2,33-12-10-26(28,29)18-33)15-21(16-30)24(35)32-11-6-9-20(17-32)14-23(34)31-22(27(36)37)13-19-7-4-3-5-8-19/h3-5,7-8,15,20,22,36-37H,6,9-14,17-18H2,1-2H3,(H,31,34)/t20?,22-/m0/s1. The summed E-state index contributed by atoms with van der Waals surface area (Å²) in [4.78, 5) is 29.0. The third kappa shape index (κ3) is 8.09. The minimum Gasteiger partial charge on any atom is -0.426 e. The Morgan fingerprint density at radius 2 is 2.00 bits per heavy atom. The number of benzene rings is 1. The molecule has 1 unspecified atom stereocenters. The number of piperidine rings is 1. The molecule has 0 bridgehead atoms. The fourth-order valence-corrected chi connectivity index (χ4v) is 5.03. The van der Waals surface area contributed by atoms with E-state index < -0.39 is 37.0 Å². The van der Waals surface area contributed by atoms with E-state index in [9.17, 15) is 33.7 Å². The van der Waals surface area contributed by atoms with Crippen molar-refractivity contribution in [1.82, 2.24) is 15.1 Å². The highest BCUT2D eigenvalue weighted by Crippen LogP contribution is 2.33. The minimum atomic E-state index is -2.78. The van der Waals surface area contributed by atoms with Gasteiger partial charge in [0.05, 0.1) is 12.5 Å². The lowest BCUT2D eigenvalue weighted by molar-refractivity contribution is -0.130. The van der Waals surface area contributed by atoms with Crippen LogP contribution in [0.5, 0.6) is 0 Å². The van der Waals surface area contributed by atoms with E-state index in [1.165, 1.54) is 11.0 Å². The van der Waals surface area contributed by atoms with Crippen molar-refractivity contribution in [1.29, 1.82) is 5.26 Å². The Bertz CT molecular complexity index is 1030. The lowest BCUT2D eigenvalue weighted by Crippen LogP contribution is -2.49. The number of hydrogen-bond acceptors (Lipinski definition) is 6. The van der Waals surface area contributed by atoms with Crippen LogP contribution in [0.4, 0.5) is 8.78 Å². The van der Waals surface area contributed by atoms with E-state index in [1.807, 2.05) is 36.4 Å². The second-order valence-electron chi connectivity index (χ2n) is 10.6. The summed E-state index contributed by atoms with van der Waals surface area (Å²) in [7, 11) is -1.73. The van der Waals surface area contributed by atoms with E-state index in [0.29, 0.717) is 19.4 Å². The summed E-state index contributed by atoms with van der Waals surface area (Å²) in [5.74, 6) is -4.63. The summed E-state index contributed by atoms with van der Waals surface area (Å²) in [6.45, 7) is 3.90. The quantitative estimate of drug-likeness (QED) is 0.263. The zero-order valence-electron chi connectivity index (χ0n) is 21.4. The number of alkyl halides is 2. The van der Waals surface area contributed by atoms with Crippen molar-refractivity contribution in [2.75, 3.05) is 26.2 Å². The third-order valence-electron chi connectivity index (χ3n) is 7.12. The van der Waals surface area contributed by atoms with E-state index in [-0.39, 0.29) is 49.8 Å². The van der Waals surface area contributed by atoms with Gasteiger partial charge in [0.1, 0.15) is 11.6 Å². The third-order valence-corrected chi connectivity index (χ3v) is 7.12. The summed E-state index contributed by atoms with van der Waals surface area (Å²) in [6.07, 6.45) is 2.93. The SMILES string of the molecule is CC(C)(C=C(C#N)C(=O)N1CCCC(CC(=O)N[C@@H](Cc2ccccc2)B(O)O)C1)N1CCC(F)(F)C1. The summed E-state index contributed by atoms with van der Waals surface area (Å²) >= 11 is 0. The fraction of sp³-hybridized carbons (Fsp3) is 0.577. The average Bonchev–Trinajstić information content (AvgIpc) is 3.23. The maximum absolute atomic E-state index is 13.7. The number of nitrogens with one attached hydrogen (secondary N) is 1. The number of amides is 2. The van der Waals surface area contributed by atoms with E-state index in [2.05, 4.69) is 5.32 Å². The molecule has 3 rings (SSSR count). The molecule has 8 nitrogen and oxygen atoms in total. The van der Waals surface area contributed by atoms with Gasteiger partial charge in [0.15, 0.2) is 0 Å². The highest BCUT2D eigenvalue weighted by Gasteiger charge is 2.43. The van der Waals surface area contributed by atoms with Crippen LogP contribution < -0.4 is 5.32 Å². The Hall–Kier alpha value is -2.81. The summed E-state index contributed by atoms with van der Waals surface area (Å²) < 4.78 is 27.4. The van der Waals surface area contributed by atoms with Gasteiger partial charge in [-0.25, -0.2) is 8.78 Å². The zero-order chi connectivity index (χ0) is 27.2. The highest BCUT2D eigenvalue weighted by molar-refractivity contribution is 6.43. The molecular formula is C26H35BF2N4O4. The molecule has 0 spiro atoms. The fourth-order valence-electron chi connectivity index (χ4n) is 5.03. The van der Waals surface area contributed by atoms with Crippen LogP contribution >= 0.6 is 0 Å². The number of carbonyl (C=O) groups excluding carboxylic acids is 2. The van der Waals surface area contributed by atoms with Gasteiger partial charge in [-0.1, -0.05) is 30.3 Å². The van der Waals surface area contributed by atoms with E-state index in [4.69, 9.17) is 0 Å². The van der Waals surface area contributed by atoms with Crippen molar-refractivity contribution in [3.05, 3.63) is 47.5 Å². The van der Waals surface area contributed by atoms with Crippen molar-refractivity contribution in [2.45, 2.75) is 63.4 Å². The molecule has 0 saturated carbocycles. The van der Waals surface area contributed by atoms with Crippen molar-refractivity contribution in [2.24, 2.45) is 5.92 Å². The van der Waals surface area contributed by atoms with Gasteiger partial charge in [-0.2, -0.15) is 5.26 Å². The van der Waals surface area contributed by atoms with Gasteiger partial charge in [0.25, 0.3) is 11.8 Å². The minimum absolute atomic E-state index is 0.0990. The molecule has 2 aliphatic rings. The molecule has 0 aliphatic carbocycles. The van der Waals surface area contributed by atoms with Gasteiger partial charge in [0.2, 0.25) is 5.91 Å². The van der Waals surface area contributed by atoms with Gasteiger partial charge < -0.3 is 20.3 Å². The van der Waals surface area contributed by atoms with Crippen LogP contribution in [0, 0.1) is 17.2 Å². The second-order valence-corrected chi connectivity index (χ2v) is 10.6. The Kier molecular flexibility index (Phi) is 9.45. The molecular weight excluding hydrogens is 481 g/mol. The topological polar surface area (TPSA) is 117 Å². The number of nitrogens with zero attached hydrogens (tertiary/aromatic N) is 3. The molecule has 0 radical (unpaired) electrons. The van der Waals surface area contributed by atoms with Gasteiger partial charge in [-0.15, -0.1) is 0 Å². The van der Waals surface area contributed by atoms with Crippen LogP contribution in [0.2, 0.25) is 0 Å². The first kappa shape index (κ1) is 28.8. The molecule has 11 heteroatoms. The number of likely N-dealkylation sites (tertiary alicyclic amines) is 2. The molecule has 200 valence electrons. The molecule has 3 N–H and O–H groups in total. The Balaban J connectivity index is 1.59. The first-order valence-electron chi connectivity index (χ1n) is 12.6. The number of halogens is 2. The Morgan fingerprint density at radius 3 is 2.59 bits per heavy atom. The molecule has 2 saturated heterocycles. The van der Waals surface area contributed by atoms with Crippen LogP contribution in [0.25, 0.3) is 0 Å². The lowest BCUT2D eigenvalue weighted by atomic mass is 9.75. The van der Waals surface area contributed by atoms with Gasteiger partial charge in [-0.3, -0.25) is 14.5 Å². The first-order chi connectivity index (χ1) is 17.4. The maximum Gasteiger partial charge on any atom is 0.475 e. The van der Waals surface area contributed by atoms with Crippen molar-refractivity contribution >= 4 is 18.9 Å². The summed E-state index contributed by atoms with van der Waals surface area (Å²) in [5.41, 5.74) is -0.141. The Labute approximate surface area is 217 Å². The van der Waals surface area contributed by atoms with Crippen LogP contribution in [0.1, 0.15) is 45.1 Å². The maximum atomic E-state index is 13.7. The molecule has 37 heavy (non-hydrogen) atoms. The summed E-state index contributed by atoms with van der Waals surface area (Å²) in [6, 6.07) is 11.1. The highest BCUT2D eigenvalue weighted by atomic mass is 19.3. The number of rotatable bonds is 9. The molecule has 1 aromatic rings. The van der Waals surface area contributed by atoms with Gasteiger partial charge in [-0.05, 0) is 50.7 Å². The number of carbonyl (C=O) groups is 2. The smallest absolute Gasteiger partial charge is 0.426 e. The van der Waals surface area contributed by atoms with Crippen LogP contribution in [-0.4, -0.2) is 82.4 Å². The van der Waals surface area contributed by atoms with Gasteiger partial charge in [0, 0.05) is 38.0 Å². The molecule has 2 fully saturated rings. The van der Waals surface area contributed by atoms with E-state index in [0.717, 1.165) is 5.56 Å². The number of hydrogen-bond donors (Lipinski definition) is 3.